The summed E-state index contributed by atoms with van der Waals surface area (Å²) in [6, 6.07) is 3.20. The normalized spacial score (nSPS) is 15.3. The number of pyridine rings is 1. The van der Waals surface area contributed by atoms with Gasteiger partial charge in [-0.1, -0.05) is 26.2 Å². The van der Waals surface area contributed by atoms with E-state index < -0.39 is 18.8 Å². The monoisotopic (exact) mass is 504 g/mol. The van der Waals surface area contributed by atoms with Crippen LogP contribution < -0.4 is 11.1 Å². The Morgan fingerprint density at radius 1 is 1.17 bits per heavy atom. The summed E-state index contributed by atoms with van der Waals surface area (Å²) in [5.41, 5.74) is 6.80. The van der Waals surface area contributed by atoms with Crippen LogP contribution in [0.15, 0.2) is 18.3 Å². The van der Waals surface area contributed by atoms with Gasteiger partial charge in [-0.2, -0.15) is 4.98 Å². The van der Waals surface area contributed by atoms with Gasteiger partial charge in [0.1, 0.15) is 16.9 Å². The molecule has 9 nitrogen and oxygen atoms in total. The molecule has 0 amide bonds. The van der Waals surface area contributed by atoms with Gasteiger partial charge in [0.15, 0.2) is 17.3 Å². The molecule has 4 aromatic heterocycles. The number of rotatable bonds is 5. The smallest absolute Gasteiger partial charge is 0.256 e. The summed E-state index contributed by atoms with van der Waals surface area (Å²) in [7, 11) is 1.62. The Morgan fingerprint density at radius 2 is 1.89 bits per heavy atom. The first kappa shape index (κ1) is 25.7. The number of nitrogen functional groups attached to an aromatic ring is 1. The highest BCUT2D eigenvalue weighted by molar-refractivity contribution is 5.89. The van der Waals surface area contributed by atoms with E-state index in [-0.39, 0.29) is 28.5 Å². The average molecular weight is 505 g/mol. The number of fused-ring (bicyclic) bond motifs is 2. The molecule has 1 aliphatic rings. The number of aliphatic hydroxyl groups is 1. The van der Waals surface area contributed by atoms with Crippen LogP contribution in [0.3, 0.4) is 0 Å². The van der Waals surface area contributed by atoms with Crippen LogP contribution in [0.5, 0.6) is 0 Å². The summed E-state index contributed by atoms with van der Waals surface area (Å²) in [5, 5.41) is 16.5. The van der Waals surface area contributed by atoms with Crippen molar-refractivity contribution < 1.29 is 18.3 Å². The minimum absolute atomic E-state index is 0.0255. The molecule has 4 heterocycles. The SMILES string of the molecule is CCC1(O)CCCCC1.CNc1nc(N)nn2cc(F)c(-c3ccc4nc(C)n(CC(F)F)c4n3)c12. The molecule has 0 bridgehead atoms. The van der Waals surface area contributed by atoms with E-state index >= 15 is 0 Å². The lowest BCUT2D eigenvalue weighted by atomic mass is 9.83. The predicted octanol–water partition coefficient (Wildman–Crippen LogP) is 4.57. The Labute approximate surface area is 206 Å². The molecule has 194 valence electrons. The number of alkyl halides is 2. The first-order chi connectivity index (χ1) is 17.2. The summed E-state index contributed by atoms with van der Waals surface area (Å²) in [4.78, 5) is 12.7. The molecule has 0 spiro atoms. The highest BCUT2D eigenvalue weighted by Crippen LogP contribution is 2.33. The van der Waals surface area contributed by atoms with E-state index in [2.05, 4.69) is 32.3 Å². The second kappa shape index (κ2) is 10.3. The fourth-order valence-corrected chi connectivity index (χ4v) is 4.66. The zero-order chi connectivity index (χ0) is 26.0. The second-order valence-corrected chi connectivity index (χ2v) is 9.05. The molecule has 4 aromatic rings. The third kappa shape index (κ3) is 5.08. The maximum absolute atomic E-state index is 14.7. The Hall–Kier alpha value is -3.41. The molecule has 1 aliphatic carbocycles. The maximum Gasteiger partial charge on any atom is 0.256 e. The standard InChI is InChI=1S/C16H15F3N8.C8H16O/c1-7-22-10-4-3-9(23-15(10)26(7)6-11(18)19)12-8(17)5-27-13(12)14(21-2)24-16(20)25-27;1-2-8(9)6-4-3-5-7-8/h3-5,11H,6H2,1-2H3,(H3,20,21,24,25);9H,2-7H2,1H3. The molecule has 12 heteroatoms. The van der Waals surface area contributed by atoms with Crippen LogP contribution in [0.4, 0.5) is 24.9 Å². The molecule has 0 atom stereocenters. The summed E-state index contributed by atoms with van der Waals surface area (Å²) < 4.78 is 43.1. The predicted molar refractivity (Wildman–Crippen MR) is 132 cm³/mol. The van der Waals surface area contributed by atoms with Crippen molar-refractivity contribution in [2.45, 2.75) is 70.9 Å². The van der Waals surface area contributed by atoms with Crippen molar-refractivity contribution in [3.05, 3.63) is 30.0 Å². The average Bonchev–Trinajstić information content (AvgIpc) is 3.34. The van der Waals surface area contributed by atoms with E-state index in [1.807, 2.05) is 0 Å². The molecular formula is C24H31F3N8O. The lowest BCUT2D eigenvalue weighted by Gasteiger charge is -2.30. The van der Waals surface area contributed by atoms with Crippen molar-refractivity contribution in [3.63, 3.8) is 0 Å². The quantitative estimate of drug-likeness (QED) is 0.364. The van der Waals surface area contributed by atoms with Crippen LogP contribution in [-0.2, 0) is 6.54 Å². The van der Waals surface area contributed by atoms with Crippen molar-refractivity contribution in [2.24, 2.45) is 0 Å². The molecule has 5 rings (SSSR count). The Morgan fingerprint density at radius 3 is 2.50 bits per heavy atom. The Balaban J connectivity index is 0.000000286. The molecule has 0 aromatic carbocycles. The number of aromatic nitrogens is 6. The van der Waals surface area contributed by atoms with Gasteiger partial charge in [0.05, 0.1) is 29.6 Å². The van der Waals surface area contributed by atoms with E-state index in [0.29, 0.717) is 22.7 Å². The van der Waals surface area contributed by atoms with E-state index in [4.69, 9.17) is 5.73 Å². The zero-order valence-corrected chi connectivity index (χ0v) is 20.6. The van der Waals surface area contributed by atoms with Gasteiger partial charge in [0, 0.05) is 7.05 Å². The van der Waals surface area contributed by atoms with E-state index in [1.54, 1.807) is 26.1 Å². The minimum Gasteiger partial charge on any atom is -0.390 e. The third-order valence-corrected chi connectivity index (χ3v) is 6.64. The number of hydrogen-bond donors (Lipinski definition) is 3. The van der Waals surface area contributed by atoms with Crippen molar-refractivity contribution in [2.75, 3.05) is 18.1 Å². The lowest BCUT2D eigenvalue weighted by Crippen LogP contribution is -2.29. The minimum atomic E-state index is -2.56. The number of anilines is 2. The number of imidazole rings is 1. The molecule has 4 N–H and O–H groups in total. The largest absolute Gasteiger partial charge is 0.390 e. The van der Waals surface area contributed by atoms with Gasteiger partial charge < -0.3 is 20.7 Å². The van der Waals surface area contributed by atoms with Gasteiger partial charge in [0.25, 0.3) is 6.43 Å². The number of nitrogens with one attached hydrogen (secondary N) is 1. The second-order valence-electron chi connectivity index (χ2n) is 9.05. The lowest BCUT2D eigenvalue weighted by molar-refractivity contribution is 0.000669. The van der Waals surface area contributed by atoms with Crippen LogP contribution in [0.2, 0.25) is 0 Å². The van der Waals surface area contributed by atoms with Crippen LogP contribution in [0, 0.1) is 12.7 Å². The van der Waals surface area contributed by atoms with Crippen molar-refractivity contribution >= 4 is 28.4 Å². The summed E-state index contributed by atoms with van der Waals surface area (Å²) in [5.74, 6) is 0.113. The van der Waals surface area contributed by atoms with Gasteiger partial charge in [-0.25, -0.2) is 27.7 Å². The zero-order valence-electron chi connectivity index (χ0n) is 20.6. The molecule has 0 radical (unpaired) electrons. The highest BCUT2D eigenvalue weighted by Gasteiger charge is 2.26. The molecular weight excluding hydrogens is 473 g/mol. The van der Waals surface area contributed by atoms with Gasteiger partial charge >= 0.3 is 0 Å². The number of aryl methyl sites for hydroxylation is 1. The van der Waals surface area contributed by atoms with Gasteiger partial charge in [-0.05, 0) is 38.3 Å². The number of hydrogen-bond acceptors (Lipinski definition) is 7. The van der Waals surface area contributed by atoms with Gasteiger partial charge in [0.2, 0.25) is 5.95 Å². The molecule has 36 heavy (non-hydrogen) atoms. The summed E-state index contributed by atoms with van der Waals surface area (Å²) in [6.45, 7) is 3.15. The highest BCUT2D eigenvalue weighted by atomic mass is 19.3. The van der Waals surface area contributed by atoms with Crippen molar-refractivity contribution in [3.8, 4) is 11.3 Å². The first-order valence-corrected chi connectivity index (χ1v) is 12.0. The third-order valence-electron chi connectivity index (χ3n) is 6.64. The van der Waals surface area contributed by atoms with E-state index in [9.17, 15) is 18.3 Å². The number of nitrogens with zero attached hydrogens (tertiary/aromatic N) is 6. The van der Waals surface area contributed by atoms with Crippen LogP contribution >= 0.6 is 0 Å². The Bertz CT molecular complexity index is 1360. The summed E-state index contributed by atoms with van der Waals surface area (Å²) >= 11 is 0. The molecule has 0 aliphatic heterocycles. The van der Waals surface area contributed by atoms with E-state index in [1.165, 1.54) is 28.3 Å². The Kier molecular flexibility index (Phi) is 7.34. The number of nitrogens with two attached hydrogens (primary N) is 1. The summed E-state index contributed by atoms with van der Waals surface area (Å²) in [6.07, 6.45) is 5.37. The maximum atomic E-state index is 14.7. The van der Waals surface area contributed by atoms with Crippen molar-refractivity contribution in [1.82, 2.24) is 29.1 Å². The van der Waals surface area contributed by atoms with Gasteiger partial charge in [-0.3, -0.25) is 0 Å². The fraction of sp³-hybridized carbons (Fsp3) is 0.500. The van der Waals surface area contributed by atoms with E-state index in [0.717, 1.165) is 25.5 Å². The fourth-order valence-electron chi connectivity index (χ4n) is 4.66. The van der Waals surface area contributed by atoms with Crippen LogP contribution in [0.25, 0.3) is 27.9 Å². The first-order valence-electron chi connectivity index (χ1n) is 12.0. The molecule has 0 unspecified atom stereocenters. The van der Waals surface area contributed by atoms with Crippen LogP contribution in [-0.4, -0.2) is 53.3 Å². The van der Waals surface area contributed by atoms with Gasteiger partial charge in [-0.15, -0.1) is 5.10 Å². The molecule has 1 fully saturated rings. The van der Waals surface area contributed by atoms with Crippen molar-refractivity contribution in [1.29, 1.82) is 0 Å². The molecule has 0 saturated heterocycles. The number of halogens is 3. The topological polar surface area (TPSA) is 119 Å². The van der Waals surface area contributed by atoms with Crippen LogP contribution in [0.1, 0.15) is 51.3 Å². The molecule has 1 saturated carbocycles.